The lowest BCUT2D eigenvalue weighted by atomic mass is 10.1. The van der Waals surface area contributed by atoms with E-state index in [1.807, 2.05) is 12.1 Å². The molecule has 8 heteroatoms. The van der Waals surface area contributed by atoms with Gasteiger partial charge in [-0.3, -0.25) is 9.59 Å². The molecule has 0 spiro atoms. The Labute approximate surface area is 141 Å². The van der Waals surface area contributed by atoms with Crippen LogP contribution in [0.1, 0.15) is 36.3 Å². The first-order valence-corrected chi connectivity index (χ1v) is 8.11. The minimum atomic E-state index is -1.02. The SMILES string of the molecule is Cc1nc(CNC(=O)CN2Cc3ccccc3C2=O)sc1C(=O)O. The molecule has 0 saturated carbocycles. The first-order valence-electron chi connectivity index (χ1n) is 7.29. The number of nitrogens with one attached hydrogen (secondary N) is 1. The number of carboxylic acids is 1. The van der Waals surface area contributed by atoms with Crippen molar-refractivity contribution in [3.8, 4) is 0 Å². The number of fused-ring (bicyclic) bond motifs is 1. The molecular formula is C16H15N3O4S. The van der Waals surface area contributed by atoms with Gasteiger partial charge in [0.1, 0.15) is 16.4 Å². The highest BCUT2D eigenvalue weighted by Crippen LogP contribution is 2.22. The summed E-state index contributed by atoms with van der Waals surface area (Å²) >= 11 is 1.04. The van der Waals surface area contributed by atoms with Crippen molar-refractivity contribution < 1.29 is 19.5 Å². The molecule has 3 rings (SSSR count). The predicted molar refractivity (Wildman–Crippen MR) is 86.8 cm³/mol. The third-order valence-corrected chi connectivity index (χ3v) is 4.85. The zero-order chi connectivity index (χ0) is 17.3. The molecule has 0 aliphatic carbocycles. The van der Waals surface area contributed by atoms with Crippen LogP contribution in [0, 0.1) is 6.92 Å². The lowest BCUT2D eigenvalue weighted by Gasteiger charge is -2.14. The molecule has 1 aromatic heterocycles. The van der Waals surface area contributed by atoms with E-state index in [4.69, 9.17) is 5.11 Å². The smallest absolute Gasteiger partial charge is 0.347 e. The maximum Gasteiger partial charge on any atom is 0.347 e. The number of carboxylic acid groups (broad SMARTS) is 1. The summed E-state index contributed by atoms with van der Waals surface area (Å²) in [6, 6.07) is 7.28. The minimum Gasteiger partial charge on any atom is -0.477 e. The van der Waals surface area contributed by atoms with Crippen molar-refractivity contribution in [3.63, 3.8) is 0 Å². The molecule has 2 heterocycles. The first kappa shape index (κ1) is 16.1. The Balaban J connectivity index is 1.56. The Morgan fingerprint density at radius 3 is 2.79 bits per heavy atom. The lowest BCUT2D eigenvalue weighted by Crippen LogP contribution is -2.37. The highest BCUT2D eigenvalue weighted by Gasteiger charge is 2.28. The molecule has 0 atom stereocenters. The summed E-state index contributed by atoms with van der Waals surface area (Å²) in [5.41, 5.74) is 1.98. The van der Waals surface area contributed by atoms with Crippen LogP contribution < -0.4 is 5.32 Å². The molecule has 124 valence electrons. The van der Waals surface area contributed by atoms with Crippen molar-refractivity contribution in [1.29, 1.82) is 0 Å². The van der Waals surface area contributed by atoms with Gasteiger partial charge >= 0.3 is 5.97 Å². The number of nitrogens with zero attached hydrogens (tertiary/aromatic N) is 2. The van der Waals surface area contributed by atoms with Crippen LogP contribution in [-0.4, -0.2) is 39.3 Å². The molecule has 24 heavy (non-hydrogen) atoms. The van der Waals surface area contributed by atoms with E-state index >= 15 is 0 Å². The van der Waals surface area contributed by atoms with Crippen molar-refractivity contribution in [2.24, 2.45) is 0 Å². The summed E-state index contributed by atoms with van der Waals surface area (Å²) < 4.78 is 0. The fourth-order valence-corrected chi connectivity index (χ4v) is 3.42. The van der Waals surface area contributed by atoms with Crippen LogP contribution in [0.25, 0.3) is 0 Å². The number of aromatic nitrogens is 1. The van der Waals surface area contributed by atoms with Crippen LogP contribution in [0.2, 0.25) is 0 Å². The van der Waals surface area contributed by atoms with Crippen LogP contribution >= 0.6 is 11.3 Å². The van der Waals surface area contributed by atoms with Gasteiger partial charge in [-0.25, -0.2) is 9.78 Å². The normalized spacial score (nSPS) is 13.0. The molecule has 1 aliphatic rings. The fraction of sp³-hybridized carbons (Fsp3) is 0.250. The Morgan fingerprint density at radius 2 is 2.12 bits per heavy atom. The molecule has 0 unspecified atom stereocenters. The number of carbonyl (C=O) groups is 3. The number of thiazole rings is 1. The average Bonchev–Trinajstić information content (AvgIpc) is 3.07. The number of rotatable bonds is 5. The highest BCUT2D eigenvalue weighted by atomic mass is 32.1. The van der Waals surface area contributed by atoms with Gasteiger partial charge in [0.15, 0.2) is 0 Å². The number of hydrogen-bond acceptors (Lipinski definition) is 5. The Bertz CT molecular complexity index is 830. The number of hydrogen-bond donors (Lipinski definition) is 2. The minimum absolute atomic E-state index is 0.0380. The molecule has 0 saturated heterocycles. The quantitative estimate of drug-likeness (QED) is 0.854. The summed E-state index contributed by atoms with van der Waals surface area (Å²) in [4.78, 5) is 41.0. The van der Waals surface area contributed by atoms with E-state index in [0.29, 0.717) is 22.8 Å². The number of aryl methyl sites for hydroxylation is 1. The monoisotopic (exact) mass is 345 g/mol. The van der Waals surface area contributed by atoms with Crippen molar-refractivity contribution >= 4 is 29.1 Å². The molecule has 0 bridgehead atoms. The van der Waals surface area contributed by atoms with Crippen molar-refractivity contribution in [2.45, 2.75) is 20.0 Å². The van der Waals surface area contributed by atoms with Crippen LogP contribution in [0.5, 0.6) is 0 Å². The van der Waals surface area contributed by atoms with Gasteiger partial charge in [-0.15, -0.1) is 11.3 Å². The summed E-state index contributed by atoms with van der Waals surface area (Å²) in [6.07, 6.45) is 0. The van der Waals surface area contributed by atoms with E-state index in [1.54, 1.807) is 19.1 Å². The summed E-state index contributed by atoms with van der Waals surface area (Å²) in [5, 5.41) is 12.2. The number of carbonyl (C=O) groups excluding carboxylic acids is 2. The van der Waals surface area contributed by atoms with Crippen LogP contribution in [0.4, 0.5) is 0 Å². The number of benzene rings is 1. The first-order chi connectivity index (χ1) is 11.5. The third kappa shape index (κ3) is 3.13. The van der Waals surface area contributed by atoms with E-state index in [9.17, 15) is 14.4 Å². The van der Waals surface area contributed by atoms with Crippen LogP contribution in [0.3, 0.4) is 0 Å². The number of amides is 2. The molecule has 1 aromatic carbocycles. The van der Waals surface area contributed by atoms with Gasteiger partial charge in [0, 0.05) is 12.1 Å². The maximum absolute atomic E-state index is 12.2. The molecule has 2 aromatic rings. The lowest BCUT2D eigenvalue weighted by molar-refractivity contribution is -0.122. The molecule has 0 fully saturated rings. The number of aromatic carboxylic acids is 1. The van der Waals surface area contributed by atoms with Gasteiger partial charge < -0.3 is 15.3 Å². The topological polar surface area (TPSA) is 99.6 Å². The Hall–Kier alpha value is -2.74. The summed E-state index contributed by atoms with van der Waals surface area (Å²) in [7, 11) is 0. The van der Waals surface area contributed by atoms with E-state index in [-0.39, 0.29) is 29.8 Å². The third-order valence-electron chi connectivity index (χ3n) is 3.70. The van der Waals surface area contributed by atoms with Gasteiger partial charge in [0.2, 0.25) is 5.91 Å². The zero-order valence-electron chi connectivity index (χ0n) is 12.9. The molecular weight excluding hydrogens is 330 g/mol. The van der Waals surface area contributed by atoms with Gasteiger partial charge in [-0.1, -0.05) is 18.2 Å². The second-order valence-corrected chi connectivity index (χ2v) is 6.51. The second-order valence-electron chi connectivity index (χ2n) is 5.42. The largest absolute Gasteiger partial charge is 0.477 e. The Kier molecular flexibility index (Phi) is 4.30. The molecule has 2 amide bonds. The van der Waals surface area contributed by atoms with E-state index in [1.165, 1.54) is 4.90 Å². The standard InChI is InChI=1S/C16H15N3O4S/c1-9-14(16(22)23)24-13(18-9)6-17-12(20)8-19-7-10-4-2-3-5-11(10)15(19)21/h2-5H,6-8H2,1H3,(H,17,20)(H,22,23). The van der Waals surface area contributed by atoms with Crippen LogP contribution in [-0.2, 0) is 17.9 Å². The van der Waals surface area contributed by atoms with Crippen LogP contribution in [0.15, 0.2) is 24.3 Å². The van der Waals surface area contributed by atoms with Gasteiger partial charge in [0.05, 0.1) is 12.2 Å². The maximum atomic E-state index is 12.2. The molecule has 7 nitrogen and oxygen atoms in total. The fourth-order valence-electron chi connectivity index (χ4n) is 2.57. The van der Waals surface area contributed by atoms with Crippen molar-refractivity contribution in [1.82, 2.24) is 15.2 Å². The van der Waals surface area contributed by atoms with E-state index in [0.717, 1.165) is 16.9 Å². The van der Waals surface area contributed by atoms with Gasteiger partial charge in [0.25, 0.3) is 5.91 Å². The summed E-state index contributed by atoms with van der Waals surface area (Å²) in [5.74, 6) is -1.48. The second kappa shape index (κ2) is 6.40. The van der Waals surface area contributed by atoms with Gasteiger partial charge in [-0.05, 0) is 18.6 Å². The van der Waals surface area contributed by atoms with Crippen molar-refractivity contribution in [3.05, 3.63) is 51.0 Å². The highest BCUT2D eigenvalue weighted by molar-refractivity contribution is 7.13. The van der Waals surface area contributed by atoms with E-state index < -0.39 is 5.97 Å². The Morgan fingerprint density at radius 1 is 1.38 bits per heavy atom. The average molecular weight is 345 g/mol. The van der Waals surface area contributed by atoms with E-state index in [2.05, 4.69) is 10.3 Å². The molecule has 2 N–H and O–H groups in total. The predicted octanol–water partition coefficient (Wildman–Crippen LogP) is 1.42. The van der Waals surface area contributed by atoms with Gasteiger partial charge in [-0.2, -0.15) is 0 Å². The van der Waals surface area contributed by atoms with Crippen molar-refractivity contribution in [2.75, 3.05) is 6.54 Å². The molecule has 1 aliphatic heterocycles. The molecule has 0 radical (unpaired) electrons. The summed E-state index contributed by atoms with van der Waals surface area (Å²) in [6.45, 7) is 2.14. The zero-order valence-corrected chi connectivity index (χ0v) is 13.7.